The van der Waals surface area contributed by atoms with Crippen molar-refractivity contribution >= 4 is 35.8 Å². The summed E-state index contributed by atoms with van der Waals surface area (Å²) >= 11 is 0. The molecule has 0 radical (unpaired) electrons. The minimum Gasteiger partial charge on any atom is -0.381 e. The fourth-order valence-electron chi connectivity index (χ4n) is 2.03. The molecule has 1 amide bonds. The fraction of sp³-hybridized carbons (Fsp3) is 0.857. The highest BCUT2D eigenvalue weighted by molar-refractivity contribution is 14.0. The zero-order valence-electron chi connectivity index (χ0n) is 13.6. The lowest BCUT2D eigenvalue weighted by atomic mass is 10.1. The van der Waals surface area contributed by atoms with E-state index in [9.17, 15) is 4.79 Å². The van der Waals surface area contributed by atoms with Crippen molar-refractivity contribution in [3.8, 4) is 0 Å². The van der Waals surface area contributed by atoms with Crippen LogP contribution in [0.2, 0.25) is 0 Å². The molecule has 7 heteroatoms. The van der Waals surface area contributed by atoms with Crippen LogP contribution in [-0.4, -0.2) is 75.7 Å². The summed E-state index contributed by atoms with van der Waals surface area (Å²) < 4.78 is 5.40. The molecule has 1 heterocycles. The molecule has 0 aromatic carbocycles. The number of guanidine groups is 1. The van der Waals surface area contributed by atoms with Gasteiger partial charge in [-0.2, -0.15) is 0 Å². The summed E-state index contributed by atoms with van der Waals surface area (Å²) in [6, 6.07) is 0. The molecule has 1 atom stereocenters. The Bertz CT molecular complexity index is 331. The molecule has 0 aliphatic carbocycles. The van der Waals surface area contributed by atoms with Crippen molar-refractivity contribution in [3.63, 3.8) is 0 Å². The molecule has 21 heavy (non-hydrogen) atoms. The Morgan fingerprint density at radius 2 is 2.10 bits per heavy atom. The molecule has 1 saturated heterocycles. The monoisotopic (exact) mass is 412 g/mol. The molecule has 6 nitrogen and oxygen atoms in total. The first-order valence-corrected chi connectivity index (χ1v) is 7.32. The van der Waals surface area contributed by atoms with Gasteiger partial charge in [0.1, 0.15) is 6.54 Å². The molecular formula is C14H29IN4O2. The molecule has 0 aromatic heterocycles. The predicted octanol–water partition coefficient (Wildman–Crippen LogP) is 1.02. The molecule has 1 fully saturated rings. The van der Waals surface area contributed by atoms with Crippen LogP contribution < -0.4 is 5.32 Å². The maximum Gasteiger partial charge on any atom is 0.243 e. The van der Waals surface area contributed by atoms with Crippen molar-refractivity contribution in [2.45, 2.75) is 19.8 Å². The van der Waals surface area contributed by atoms with Gasteiger partial charge < -0.3 is 19.9 Å². The number of amides is 1. The third-order valence-corrected chi connectivity index (χ3v) is 3.31. The molecule has 1 N–H and O–H groups in total. The fourth-order valence-corrected chi connectivity index (χ4v) is 2.03. The van der Waals surface area contributed by atoms with E-state index in [1.165, 1.54) is 0 Å². The van der Waals surface area contributed by atoms with Gasteiger partial charge in [0, 0.05) is 46.8 Å². The molecule has 0 saturated carbocycles. The van der Waals surface area contributed by atoms with Crippen LogP contribution in [0, 0.1) is 5.92 Å². The number of rotatable bonds is 6. The van der Waals surface area contributed by atoms with E-state index < -0.39 is 0 Å². The van der Waals surface area contributed by atoms with Gasteiger partial charge in [0.05, 0.1) is 6.61 Å². The minimum atomic E-state index is 0. The maximum atomic E-state index is 11.6. The molecule has 1 aliphatic heterocycles. The molecule has 0 spiro atoms. The molecule has 124 valence electrons. The number of nitrogens with zero attached hydrogens (tertiary/aromatic N) is 3. The number of nitrogens with one attached hydrogen (secondary N) is 1. The van der Waals surface area contributed by atoms with Gasteiger partial charge >= 0.3 is 0 Å². The third-order valence-electron chi connectivity index (χ3n) is 3.31. The average Bonchev–Trinajstić information content (AvgIpc) is 2.91. The van der Waals surface area contributed by atoms with E-state index in [-0.39, 0.29) is 36.4 Å². The standard InChI is InChI=1S/C14H28N4O2.HI/c1-5-7-15-14(16-9-13(19)17(2)3)18(4)10-12-6-8-20-11-12;/h12H,5-11H2,1-4H3,(H,15,16);1H. The summed E-state index contributed by atoms with van der Waals surface area (Å²) in [4.78, 5) is 19.7. The van der Waals surface area contributed by atoms with Gasteiger partial charge in [0.25, 0.3) is 0 Å². The second-order valence-electron chi connectivity index (χ2n) is 5.46. The first-order chi connectivity index (χ1) is 9.54. The van der Waals surface area contributed by atoms with Crippen LogP contribution in [0.1, 0.15) is 19.8 Å². The van der Waals surface area contributed by atoms with Crippen LogP contribution in [0.15, 0.2) is 4.99 Å². The van der Waals surface area contributed by atoms with Gasteiger partial charge in [-0.25, -0.2) is 4.99 Å². The number of likely N-dealkylation sites (N-methyl/N-ethyl adjacent to an activating group) is 1. The van der Waals surface area contributed by atoms with E-state index in [4.69, 9.17) is 4.74 Å². The van der Waals surface area contributed by atoms with Crippen molar-refractivity contribution in [1.29, 1.82) is 0 Å². The number of aliphatic imine (C=N–C) groups is 1. The van der Waals surface area contributed by atoms with Gasteiger partial charge in [-0.05, 0) is 12.8 Å². The number of halogens is 1. The second kappa shape index (κ2) is 11.1. The van der Waals surface area contributed by atoms with Crippen molar-refractivity contribution in [1.82, 2.24) is 15.1 Å². The van der Waals surface area contributed by atoms with Crippen LogP contribution in [0.3, 0.4) is 0 Å². The van der Waals surface area contributed by atoms with E-state index in [0.717, 1.165) is 45.1 Å². The summed E-state index contributed by atoms with van der Waals surface area (Å²) in [6.45, 7) is 5.74. The third kappa shape index (κ3) is 7.85. The summed E-state index contributed by atoms with van der Waals surface area (Å²) in [5.41, 5.74) is 0. The minimum absolute atomic E-state index is 0. The highest BCUT2D eigenvalue weighted by Crippen LogP contribution is 2.13. The zero-order valence-corrected chi connectivity index (χ0v) is 15.9. The van der Waals surface area contributed by atoms with Gasteiger partial charge in [-0.3, -0.25) is 4.79 Å². The highest BCUT2D eigenvalue weighted by atomic mass is 127. The SMILES string of the molecule is CCCNC(=NCC(=O)N(C)C)N(C)CC1CCOC1.I. The van der Waals surface area contributed by atoms with Crippen molar-refractivity contribution in [3.05, 3.63) is 0 Å². The highest BCUT2D eigenvalue weighted by Gasteiger charge is 2.19. The number of carbonyl (C=O) groups is 1. The molecule has 1 unspecified atom stereocenters. The quantitative estimate of drug-likeness (QED) is 0.402. The van der Waals surface area contributed by atoms with Crippen LogP contribution in [0.5, 0.6) is 0 Å². The van der Waals surface area contributed by atoms with Crippen LogP contribution in [0.4, 0.5) is 0 Å². The normalized spacial score (nSPS) is 18.1. The summed E-state index contributed by atoms with van der Waals surface area (Å²) in [5, 5.41) is 3.30. The van der Waals surface area contributed by atoms with E-state index in [1.54, 1.807) is 19.0 Å². The van der Waals surface area contributed by atoms with Crippen molar-refractivity contribution in [2.24, 2.45) is 10.9 Å². The van der Waals surface area contributed by atoms with Gasteiger partial charge in [-0.1, -0.05) is 6.92 Å². The Hall–Kier alpha value is -0.570. The van der Waals surface area contributed by atoms with Gasteiger partial charge in [0.2, 0.25) is 5.91 Å². The number of ether oxygens (including phenoxy) is 1. The largest absolute Gasteiger partial charge is 0.381 e. The lowest BCUT2D eigenvalue weighted by Gasteiger charge is -2.25. The van der Waals surface area contributed by atoms with E-state index in [2.05, 4.69) is 22.1 Å². The Balaban J connectivity index is 0.00000400. The molecule has 1 aliphatic rings. The number of carbonyl (C=O) groups excluding carboxylic acids is 1. The van der Waals surface area contributed by atoms with Crippen molar-refractivity contribution in [2.75, 3.05) is 54.0 Å². The van der Waals surface area contributed by atoms with E-state index >= 15 is 0 Å². The lowest BCUT2D eigenvalue weighted by molar-refractivity contribution is -0.127. The van der Waals surface area contributed by atoms with Crippen LogP contribution in [0.25, 0.3) is 0 Å². The Kier molecular flexibility index (Phi) is 10.8. The van der Waals surface area contributed by atoms with E-state index in [1.807, 2.05) is 7.05 Å². The summed E-state index contributed by atoms with van der Waals surface area (Å²) in [6.07, 6.45) is 2.13. The molecular weight excluding hydrogens is 383 g/mol. The second-order valence-corrected chi connectivity index (χ2v) is 5.46. The van der Waals surface area contributed by atoms with Crippen LogP contribution in [-0.2, 0) is 9.53 Å². The average molecular weight is 412 g/mol. The first-order valence-electron chi connectivity index (χ1n) is 7.32. The smallest absolute Gasteiger partial charge is 0.243 e. The zero-order chi connectivity index (χ0) is 15.0. The topological polar surface area (TPSA) is 57.2 Å². The molecule has 0 aromatic rings. The lowest BCUT2D eigenvalue weighted by Crippen LogP contribution is -2.42. The number of hydrogen-bond donors (Lipinski definition) is 1. The van der Waals surface area contributed by atoms with E-state index in [0.29, 0.717) is 5.92 Å². The Labute approximate surface area is 145 Å². The summed E-state index contributed by atoms with van der Waals surface area (Å²) in [7, 11) is 5.51. The Morgan fingerprint density at radius 1 is 1.38 bits per heavy atom. The van der Waals surface area contributed by atoms with Crippen molar-refractivity contribution < 1.29 is 9.53 Å². The van der Waals surface area contributed by atoms with Gasteiger partial charge in [-0.15, -0.1) is 24.0 Å². The molecule has 0 bridgehead atoms. The van der Waals surface area contributed by atoms with Gasteiger partial charge in [0.15, 0.2) is 5.96 Å². The van der Waals surface area contributed by atoms with Crippen LogP contribution >= 0.6 is 24.0 Å². The number of hydrogen-bond acceptors (Lipinski definition) is 3. The predicted molar refractivity (Wildman–Crippen MR) is 96.3 cm³/mol. The maximum absolute atomic E-state index is 11.6. The molecule has 1 rings (SSSR count). The first kappa shape index (κ1) is 20.4. The summed E-state index contributed by atoms with van der Waals surface area (Å²) in [5.74, 6) is 1.37. The Morgan fingerprint density at radius 3 is 2.62 bits per heavy atom.